The third kappa shape index (κ3) is 4.97. The highest BCUT2D eigenvalue weighted by Gasteiger charge is 2.71. The molecule has 0 saturated carbocycles. The predicted octanol–water partition coefficient (Wildman–Crippen LogP) is 5.47. The van der Waals surface area contributed by atoms with Crippen LogP contribution in [0, 0.1) is 0 Å². The number of aliphatic hydroxyl groups is 1. The van der Waals surface area contributed by atoms with E-state index in [0.29, 0.717) is 12.1 Å². The Bertz CT molecular complexity index is 979. The van der Waals surface area contributed by atoms with Gasteiger partial charge in [0.15, 0.2) is 9.84 Å². The average molecular weight is 480 g/mol. The summed E-state index contributed by atoms with van der Waals surface area (Å²) in [5.41, 5.74) is -7.72. The number of halogens is 9. The van der Waals surface area contributed by atoms with E-state index in [-0.39, 0.29) is 12.1 Å². The van der Waals surface area contributed by atoms with Crippen LogP contribution in [0.1, 0.15) is 22.8 Å². The van der Waals surface area contributed by atoms with Gasteiger partial charge in [-0.25, -0.2) is 8.42 Å². The van der Waals surface area contributed by atoms with Crippen molar-refractivity contribution in [3.63, 3.8) is 0 Å². The molecule has 0 saturated heterocycles. The Morgan fingerprint density at radius 2 is 1.19 bits per heavy atom. The highest BCUT2D eigenvalue weighted by atomic mass is 32.2. The molecule has 0 aliphatic heterocycles. The Hall–Kier alpha value is -2.28. The maximum absolute atomic E-state index is 13.0. The van der Waals surface area contributed by atoms with Crippen LogP contribution < -0.4 is 0 Å². The lowest BCUT2D eigenvalue weighted by molar-refractivity contribution is -0.376. The number of hydrogen-bond donors (Lipinski definition) is 1. The summed E-state index contributed by atoms with van der Waals surface area (Å²) < 4.78 is 142. The summed E-state index contributed by atoms with van der Waals surface area (Å²) in [7, 11) is -4.72. The van der Waals surface area contributed by atoms with Crippen LogP contribution in [0.3, 0.4) is 0 Å². The van der Waals surface area contributed by atoms with E-state index >= 15 is 0 Å². The zero-order chi connectivity index (χ0) is 23.9. The van der Waals surface area contributed by atoms with Crippen molar-refractivity contribution in [3.05, 3.63) is 65.7 Å². The number of sulfone groups is 1. The fourth-order valence-corrected chi connectivity index (χ4v) is 4.61. The molecule has 1 atom stereocenters. The number of hydrogen-bond acceptors (Lipinski definition) is 3. The van der Waals surface area contributed by atoms with Crippen molar-refractivity contribution in [2.45, 2.75) is 40.7 Å². The molecule has 0 amide bonds. The van der Waals surface area contributed by atoms with Gasteiger partial charge >= 0.3 is 18.5 Å². The van der Waals surface area contributed by atoms with Crippen molar-refractivity contribution < 1.29 is 53.0 Å². The van der Waals surface area contributed by atoms with Gasteiger partial charge in [-0.1, -0.05) is 42.5 Å². The smallest absolute Gasteiger partial charge is 0.369 e. The van der Waals surface area contributed by atoms with E-state index in [1.165, 1.54) is 18.2 Å². The largest absolute Gasteiger partial charge is 0.430 e. The van der Waals surface area contributed by atoms with Gasteiger partial charge in [-0.2, -0.15) is 39.5 Å². The topological polar surface area (TPSA) is 54.4 Å². The van der Waals surface area contributed by atoms with Crippen LogP contribution in [0.2, 0.25) is 0 Å². The summed E-state index contributed by atoms with van der Waals surface area (Å²) in [6.07, 6.45) is -19.4. The van der Waals surface area contributed by atoms with Crippen molar-refractivity contribution in [2.75, 3.05) is 0 Å². The van der Waals surface area contributed by atoms with Gasteiger partial charge in [0.2, 0.25) is 0 Å². The molecule has 1 N–H and O–H groups in total. The first-order chi connectivity index (χ1) is 13.9. The second-order valence-electron chi connectivity index (χ2n) is 6.49. The molecule has 0 spiro atoms. The molecular formula is C18H13F9O3S. The summed E-state index contributed by atoms with van der Waals surface area (Å²) in [5.74, 6) is 0. The summed E-state index contributed by atoms with van der Waals surface area (Å²) in [5, 5.41) is 7.02. The molecule has 0 aromatic heterocycles. The molecule has 0 bridgehead atoms. The molecule has 2 rings (SSSR count). The van der Waals surface area contributed by atoms with E-state index in [0.717, 1.165) is 12.1 Å². The Kier molecular flexibility index (Phi) is 6.45. The van der Waals surface area contributed by atoms with Crippen molar-refractivity contribution >= 4 is 9.84 Å². The Balaban J connectivity index is 2.60. The first-order valence-electron chi connectivity index (χ1n) is 8.23. The lowest BCUT2D eigenvalue weighted by atomic mass is 9.91. The summed E-state index contributed by atoms with van der Waals surface area (Å²) >= 11 is 0. The zero-order valence-corrected chi connectivity index (χ0v) is 15.9. The quantitative estimate of drug-likeness (QED) is 0.578. The number of benzene rings is 2. The molecule has 3 nitrogen and oxygen atoms in total. The van der Waals surface area contributed by atoms with Crippen LogP contribution in [0.5, 0.6) is 0 Å². The van der Waals surface area contributed by atoms with E-state index in [2.05, 4.69) is 0 Å². The second-order valence-corrected chi connectivity index (χ2v) is 8.62. The molecule has 2 aromatic rings. The van der Waals surface area contributed by atoms with Gasteiger partial charge in [0, 0.05) is 5.56 Å². The molecule has 0 heterocycles. The fraction of sp³-hybridized carbons (Fsp3) is 0.333. The van der Waals surface area contributed by atoms with E-state index in [1.807, 2.05) is 0 Å². The summed E-state index contributed by atoms with van der Waals surface area (Å²) in [6.45, 7) is 0. The molecule has 0 radical (unpaired) electrons. The molecule has 1 unspecified atom stereocenters. The molecule has 0 aliphatic carbocycles. The maximum atomic E-state index is 13.0. The molecule has 13 heteroatoms. The minimum absolute atomic E-state index is 0.0974. The summed E-state index contributed by atoms with van der Waals surface area (Å²) in [4.78, 5) is -0.518. The van der Waals surface area contributed by atoms with Crippen LogP contribution in [0.25, 0.3) is 0 Å². The third-order valence-corrected chi connectivity index (χ3v) is 6.50. The maximum Gasteiger partial charge on any atom is 0.430 e. The van der Waals surface area contributed by atoms with Gasteiger partial charge in [0.05, 0.1) is 16.6 Å². The number of rotatable bonds is 5. The van der Waals surface area contributed by atoms with Crippen LogP contribution in [-0.2, 0) is 15.4 Å². The normalized spacial score (nSPS) is 15.0. The highest BCUT2D eigenvalue weighted by Crippen LogP contribution is 2.50. The van der Waals surface area contributed by atoms with Gasteiger partial charge in [-0.3, -0.25) is 0 Å². The van der Waals surface area contributed by atoms with E-state index in [9.17, 15) is 53.0 Å². The van der Waals surface area contributed by atoms with Gasteiger partial charge in [-0.15, -0.1) is 0 Å². The minimum Gasteiger partial charge on any atom is -0.369 e. The number of alkyl halides is 9. The zero-order valence-electron chi connectivity index (χ0n) is 15.1. The van der Waals surface area contributed by atoms with E-state index in [1.54, 1.807) is 0 Å². The van der Waals surface area contributed by atoms with Gasteiger partial charge in [0.25, 0.3) is 5.60 Å². The molecular weight excluding hydrogens is 467 g/mol. The van der Waals surface area contributed by atoms with Crippen LogP contribution >= 0.6 is 0 Å². The highest BCUT2D eigenvalue weighted by molar-refractivity contribution is 7.91. The summed E-state index contributed by atoms with van der Waals surface area (Å²) in [6, 6.07) is 6.81. The van der Waals surface area contributed by atoms with E-state index in [4.69, 9.17) is 0 Å². The van der Waals surface area contributed by atoms with Crippen molar-refractivity contribution in [3.8, 4) is 0 Å². The van der Waals surface area contributed by atoms with Crippen molar-refractivity contribution in [1.82, 2.24) is 0 Å². The lowest BCUT2D eigenvalue weighted by Crippen LogP contribution is -2.53. The van der Waals surface area contributed by atoms with Crippen molar-refractivity contribution in [1.29, 1.82) is 0 Å². The Morgan fingerprint density at radius 3 is 1.58 bits per heavy atom. The predicted molar refractivity (Wildman–Crippen MR) is 89.5 cm³/mol. The van der Waals surface area contributed by atoms with Gasteiger partial charge in [-0.05, 0) is 17.7 Å². The van der Waals surface area contributed by atoms with Gasteiger partial charge < -0.3 is 5.11 Å². The van der Waals surface area contributed by atoms with Crippen LogP contribution in [-0.4, -0.2) is 32.1 Å². The Morgan fingerprint density at radius 1 is 0.742 bits per heavy atom. The third-order valence-electron chi connectivity index (χ3n) is 4.38. The fourth-order valence-electron chi connectivity index (χ4n) is 2.82. The SMILES string of the molecule is O=S(=O)(c1ccccc1)C(CC(F)(F)F)c1ccc(C(O)(C(F)(F)F)C(F)(F)F)cc1. The monoisotopic (exact) mass is 480 g/mol. The lowest BCUT2D eigenvalue weighted by Gasteiger charge is -2.32. The molecule has 172 valence electrons. The average Bonchev–Trinajstić information content (AvgIpc) is 2.64. The van der Waals surface area contributed by atoms with E-state index < -0.39 is 61.7 Å². The van der Waals surface area contributed by atoms with Gasteiger partial charge in [0.1, 0.15) is 0 Å². The minimum atomic E-state index is -6.20. The molecule has 0 aliphatic rings. The Labute approximate surface area is 170 Å². The first-order valence-corrected chi connectivity index (χ1v) is 9.78. The molecule has 0 fully saturated rings. The second kappa shape index (κ2) is 8.01. The van der Waals surface area contributed by atoms with Crippen LogP contribution in [0.15, 0.2) is 59.5 Å². The van der Waals surface area contributed by atoms with Crippen molar-refractivity contribution in [2.24, 2.45) is 0 Å². The first kappa shape index (κ1) is 25.0. The molecule has 2 aromatic carbocycles. The van der Waals surface area contributed by atoms with Crippen LogP contribution in [0.4, 0.5) is 39.5 Å². The standard InChI is InChI=1S/C18H13F9O3S/c19-15(20,21)10-14(31(29,30)13-4-2-1-3-5-13)11-6-8-12(9-7-11)16(28,17(22,23)24)18(25,26)27/h1-9,14,28H,10H2. The molecule has 31 heavy (non-hydrogen) atoms.